The minimum atomic E-state index is 0.282. The molecule has 4 heteroatoms. The van der Waals surface area contributed by atoms with Gasteiger partial charge in [-0.1, -0.05) is 19.9 Å². The third kappa shape index (κ3) is 3.73. The van der Waals surface area contributed by atoms with Crippen LogP contribution in [0.4, 0.5) is 5.82 Å². The van der Waals surface area contributed by atoms with Gasteiger partial charge in [0, 0.05) is 12.7 Å². The van der Waals surface area contributed by atoms with Crippen LogP contribution < -0.4 is 4.90 Å². The molecule has 2 heterocycles. The number of pyridine rings is 1. The first kappa shape index (κ1) is 13.5. The van der Waals surface area contributed by atoms with E-state index in [9.17, 15) is 4.79 Å². The van der Waals surface area contributed by atoms with E-state index in [1.54, 1.807) is 6.20 Å². The molecule has 4 nitrogen and oxygen atoms in total. The molecule has 2 rings (SSSR count). The van der Waals surface area contributed by atoms with Crippen molar-refractivity contribution in [2.75, 3.05) is 18.1 Å². The summed E-state index contributed by atoms with van der Waals surface area (Å²) in [4.78, 5) is 16.6. The normalized spacial score (nSPS) is 18.2. The molecule has 17 heavy (non-hydrogen) atoms. The highest BCUT2D eigenvalue weighted by atomic mass is 16.5. The van der Waals surface area contributed by atoms with Gasteiger partial charge < -0.3 is 9.64 Å². The third-order valence-corrected chi connectivity index (χ3v) is 2.68. The van der Waals surface area contributed by atoms with Crippen LogP contribution >= 0.6 is 0 Å². The molecule has 1 saturated heterocycles. The minimum Gasteiger partial charge on any atom is -0.466 e. The van der Waals surface area contributed by atoms with Crippen molar-refractivity contribution in [1.82, 2.24) is 4.98 Å². The molecule has 0 saturated carbocycles. The minimum absolute atomic E-state index is 0.282. The maximum Gasteiger partial charge on any atom is 0.293 e. The summed E-state index contributed by atoms with van der Waals surface area (Å²) in [6.07, 6.45) is 3.97. The molecule has 0 aliphatic carbocycles. The fraction of sp³-hybridized carbons (Fsp3) is 0.538. The van der Waals surface area contributed by atoms with E-state index in [0.717, 1.165) is 25.2 Å². The van der Waals surface area contributed by atoms with Gasteiger partial charge in [-0.3, -0.25) is 4.79 Å². The number of hydrogen-bond acceptors (Lipinski definition) is 4. The van der Waals surface area contributed by atoms with E-state index in [4.69, 9.17) is 4.74 Å². The summed E-state index contributed by atoms with van der Waals surface area (Å²) in [6, 6.07) is 6.14. The monoisotopic (exact) mass is 236 g/mol. The van der Waals surface area contributed by atoms with Crippen LogP contribution in [0.1, 0.15) is 26.7 Å². The van der Waals surface area contributed by atoms with E-state index in [0.29, 0.717) is 13.1 Å². The second kappa shape index (κ2) is 7.65. The molecule has 1 atom stereocenters. The Bertz CT molecular complexity index is 316. The zero-order chi connectivity index (χ0) is 12.5. The van der Waals surface area contributed by atoms with Crippen LogP contribution in [0, 0.1) is 0 Å². The van der Waals surface area contributed by atoms with E-state index in [2.05, 4.69) is 9.88 Å². The summed E-state index contributed by atoms with van der Waals surface area (Å²) in [7, 11) is 0. The van der Waals surface area contributed by atoms with E-state index < -0.39 is 0 Å². The molecule has 0 N–H and O–H groups in total. The highest BCUT2D eigenvalue weighted by molar-refractivity contribution is 5.41. The first-order chi connectivity index (χ1) is 8.42. The maximum atomic E-state index is 10.1. The maximum absolute atomic E-state index is 10.1. The van der Waals surface area contributed by atoms with E-state index in [-0.39, 0.29) is 6.04 Å². The van der Waals surface area contributed by atoms with Crippen LogP contribution in [0.3, 0.4) is 0 Å². The van der Waals surface area contributed by atoms with Gasteiger partial charge in [0.25, 0.3) is 6.47 Å². The average molecular weight is 236 g/mol. The standard InChI is InChI=1S/C11H14N2O2.C2H6/c14-9-15-8-10-4-3-7-13(10)11-5-1-2-6-12-11;1-2/h1-2,5-6,9-10H,3-4,7-8H2;1-2H3. The lowest BCUT2D eigenvalue weighted by Gasteiger charge is -2.24. The van der Waals surface area contributed by atoms with E-state index in [1.165, 1.54) is 0 Å². The molecule has 1 aromatic heterocycles. The third-order valence-electron chi connectivity index (χ3n) is 2.68. The molecule has 0 aromatic carbocycles. The molecule has 1 fully saturated rings. The largest absolute Gasteiger partial charge is 0.466 e. The predicted molar refractivity (Wildman–Crippen MR) is 68.0 cm³/mol. The Hall–Kier alpha value is -1.58. The summed E-state index contributed by atoms with van der Waals surface area (Å²) < 4.78 is 4.82. The van der Waals surface area contributed by atoms with Gasteiger partial charge in [0.2, 0.25) is 0 Å². The van der Waals surface area contributed by atoms with Gasteiger partial charge >= 0.3 is 0 Å². The molecule has 0 spiro atoms. The predicted octanol–water partition coefficient (Wildman–Crippen LogP) is 2.25. The summed E-state index contributed by atoms with van der Waals surface area (Å²) in [5.74, 6) is 0.967. The Morgan fingerprint density at radius 1 is 1.53 bits per heavy atom. The van der Waals surface area contributed by atoms with Gasteiger partial charge in [-0.25, -0.2) is 4.98 Å². The zero-order valence-corrected chi connectivity index (χ0v) is 10.5. The SMILES string of the molecule is CC.O=COCC1CCCN1c1ccccn1. The van der Waals surface area contributed by atoms with Gasteiger partial charge in [-0.05, 0) is 25.0 Å². The molecule has 1 aliphatic heterocycles. The van der Waals surface area contributed by atoms with Gasteiger partial charge in [-0.15, -0.1) is 0 Å². The summed E-state index contributed by atoms with van der Waals surface area (Å²) >= 11 is 0. The first-order valence-corrected chi connectivity index (χ1v) is 6.15. The summed E-state index contributed by atoms with van der Waals surface area (Å²) in [6.45, 7) is 5.96. The highest BCUT2D eigenvalue weighted by Gasteiger charge is 2.25. The Balaban J connectivity index is 0.000000686. The van der Waals surface area contributed by atoms with Crippen LogP contribution in [0.25, 0.3) is 0 Å². The van der Waals surface area contributed by atoms with Crippen LogP contribution in [0.15, 0.2) is 24.4 Å². The Morgan fingerprint density at radius 3 is 3.00 bits per heavy atom. The van der Waals surface area contributed by atoms with Crippen molar-refractivity contribution in [3.63, 3.8) is 0 Å². The number of rotatable bonds is 4. The lowest BCUT2D eigenvalue weighted by atomic mass is 10.2. The zero-order valence-electron chi connectivity index (χ0n) is 10.5. The van der Waals surface area contributed by atoms with Gasteiger partial charge in [0.15, 0.2) is 0 Å². The number of nitrogens with zero attached hydrogens (tertiary/aromatic N) is 2. The molecular formula is C13H20N2O2. The van der Waals surface area contributed by atoms with Crippen molar-refractivity contribution in [3.05, 3.63) is 24.4 Å². The topological polar surface area (TPSA) is 42.4 Å². The molecule has 1 aromatic rings. The highest BCUT2D eigenvalue weighted by Crippen LogP contribution is 2.23. The van der Waals surface area contributed by atoms with Crippen molar-refractivity contribution in [1.29, 1.82) is 0 Å². The van der Waals surface area contributed by atoms with Crippen LogP contribution in [-0.4, -0.2) is 30.6 Å². The van der Waals surface area contributed by atoms with Crippen molar-refractivity contribution >= 4 is 12.3 Å². The quantitative estimate of drug-likeness (QED) is 0.752. The molecule has 1 unspecified atom stereocenters. The van der Waals surface area contributed by atoms with Gasteiger partial charge in [-0.2, -0.15) is 0 Å². The lowest BCUT2D eigenvalue weighted by Crippen LogP contribution is -2.33. The van der Waals surface area contributed by atoms with E-state index in [1.807, 2.05) is 32.0 Å². The second-order valence-electron chi connectivity index (χ2n) is 3.61. The molecule has 1 aliphatic rings. The smallest absolute Gasteiger partial charge is 0.293 e. The second-order valence-corrected chi connectivity index (χ2v) is 3.61. The molecule has 0 amide bonds. The number of aromatic nitrogens is 1. The fourth-order valence-corrected chi connectivity index (χ4v) is 1.98. The molecule has 0 bridgehead atoms. The van der Waals surface area contributed by atoms with Crippen molar-refractivity contribution in [2.24, 2.45) is 0 Å². The Kier molecular flexibility index (Phi) is 6.07. The molecule has 94 valence electrons. The number of anilines is 1. The van der Waals surface area contributed by atoms with Crippen LogP contribution in [0.5, 0.6) is 0 Å². The lowest BCUT2D eigenvalue weighted by molar-refractivity contribution is -0.129. The fourth-order valence-electron chi connectivity index (χ4n) is 1.98. The number of carbonyl (C=O) groups excluding carboxylic acids is 1. The van der Waals surface area contributed by atoms with Gasteiger partial charge in [0.05, 0.1) is 6.04 Å². The molecule has 0 radical (unpaired) electrons. The summed E-state index contributed by atoms with van der Waals surface area (Å²) in [5.41, 5.74) is 0. The van der Waals surface area contributed by atoms with Crippen molar-refractivity contribution in [2.45, 2.75) is 32.7 Å². The number of hydrogen-bond donors (Lipinski definition) is 0. The van der Waals surface area contributed by atoms with Crippen molar-refractivity contribution < 1.29 is 9.53 Å². The average Bonchev–Trinajstić information content (AvgIpc) is 2.88. The Labute approximate surface area is 103 Å². The Morgan fingerprint density at radius 2 is 2.35 bits per heavy atom. The van der Waals surface area contributed by atoms with Crippen molar-refractivity contribution in [3.8, 4) is 0 Å². The van der Waals surface area contributed by atoms with Crippen LogP contribution in [0.2, 0.25) is 0 Å². The number of carbonyl (C=O) groups is 1. The van der Waals surface area contributed by atoms with Gasteiger partial charge in [0.1, 0.15) is 12.4 Å². The van der Waals surface area contributed by atoms with Crippen LogP contribution in [-0.2, 0) is 9.53 Å². The van der Waals surface area contributed by atoms with E-state index >= 15 is 0 Å². The molecular weight excluding hydrogens is 216 g/mol. The first-order valence-electron chi connectivity index (χ1n) is 6.15. The number of ether oxygens (including phenoxy) is 1. The summed E-state index contributed by atoms with van der Waals surface area (Å²) in [5, 5.41) is 0.